The van der Waals surface area contributed by atoms with Crippen molar-refractivity contribution in [3.8, 4) is 0 Å². The second-order valence-corrected chi connectivity index (χ2v) is 4.84. The average molecular weight is 299 g/mol. The molecule has 5 heteroatoms. The Balaban J connectivity index is 1.49. The van der Waals surface area contributed by atoms with Crippen molar-refractivity contribution < 1.29 is 9.63 Å². The van der Waals surface area contributed by atoms with Crippen molar-refractivity contribution >= 4 is 5.91 Å². The van der Waals surface area contributed by atoms with Gasteiger partial charge < -0.3 is 5.32 Å². The van der Waals surface area contributed by atoms with E-state index >= 15 is 0 Å². The molecule has 0 aliphatic rings. The van der Waals surface area contributed by atoms with Crippen molar-refractivity contribution in [1.82, 2.24) is 15.8 Å². The smallest absolute Gasteiger partial charge is 0.221 e. The minimum absolute atomic E-state index is 0.00624. The predicted molar refractivity (Wildman–Crippen MR) is 84.8 cm³/mol. The molecule has 0 saturated heterocycles. The lowest BCUT2D eigenvalue weighted by Crippen LogP contribution is -2.29. The number of amides is 1. The van der Waals surface area contributed by atoms with Crippen LogP contribution in [0.5, 0.6) is 0 Å². The first-order valence-corrected chi connectivity index (χ1v) is 7.40. The highest BCUT2D eigenvalue weighted by Crippen LogP contribution is 1.98. The van der Waals surface area contributed by atoms with Crippen molar-refractivity contribution in [2.45, 2.75) is 19.4 Å². The summed E-state index contributed by atoms with van der Waals surface area (Å²) in [5.41, 5.74) is 4.87. The van der Waals surface area contributed by atoms with Crippen LogP contribution in [0.25, 0.3) is 0 Å². The SMILES string of the molecule is O=C(CCNOCc1ccccc1)NCCc1ccccn1. The summed E-state index contributed by atoms with van der Waals surface area (Å²) in [6.07, 6.45) is 2.88. The number of hydrogen-bond donors (Lipinski definition) is 2. The summed E-state index contributed by atoms with van der Waals surface area (Å²) >= 11 is 0. The molecule has 1 heterocycles. The van der Waals surface area contributed by atoms with Gasteiger partial charge in [-0.3, -0.25) is 14.6 Å². The molecule has 0 unspecified atom stereocenters. The number of rotatable bonds is 9. The number of hydroxylamine groups is 1. The molecule has 0 spiro atoms. The normalized spacial score (nSPS) is 10.4. The van der Waals surface area contributed by atoms with Crippen LogP contribution in [-0.2, 0) is 22.7 Å². The molecule has 116 valence electrons. The van der Waals surface area contributed by atoms with Gasteiger partial charge in [-0.2, -0.15) is 0 Å². The van der Waals surface area contributed by atoms with Gasteiger partial charge in [-0.1, -0.05) is 36.4 Å². The summed E-state index contributed by atoms with van der Waals surface area (Å²) in [6.45, 7) is 1.57. The second-order valence-electron chi connectivity index (χ2n) is 4.84. The van der Waals surface area contributed by atoms with Crippen LogP contribution in [-0.4, -0.2) is 24.0 Å². The highest BCUT2D eigenvalue weighted by atomic mass is 16.6. The number of nitrogens with zero attached hydrogens (tertiary/aromatic N) is 1. The van der Waals surface area contributed by atoms with Crippen LogP contribution >= 0.6 is 0 Å². The van der Waals surface area contributed by atoms with E-state index in [9.17, 15) is 4.79 Å². The molecular weight excluding hydrogens is 278 g/mol. The highest BCUT2D eigenvalue weighted by molar-refractivity contribution is 5.76. The van der Waals surface area contributed by atoms with Gasteiger partial charge in [-0.05, 0) is 17.7 Å². The molecule has 1 aromatic carbocycles. The van der Waals surface area contributed by atoms with Gasteiger partial charge in [-0.15, -0.1) is 0 Å². The van der Waals surface area contributed by atoms with Crippen molar-refractivity contribution in [1.29, 1.82) is 0 Å². The molecule has 22 heavy (non-hydrogen) atoms. The molecular formula is C17H21N3O2. The van der Waals surface area contributed by atoms with Crippen molar-refractivity contribution in [2.75, 3.05) is 13.1 Å². The lowest BCUT2D eigenvalue weighted by atomic mass is 10.2. The van der Waals surface area contributed by atoms with Crippen LogP contribution in [0.15, 0.2) is 54.7 Å². The molecule has 0 bridgehead atoms. The molecule has 2 rings (SSSR count). The van der Waals surface area contributed by atoms with E-state index in [1.54, 1.807) is 6.20 Å². The molecule has 0 aliphatic heterocycles. The standard InChI is InChI=1S/C17H21N3O2/c21-17(19-12-9-16-8-4-5-11-18-16)10-13-20-22-14-15-6-2-1-3-7-15/h1-8,11,20H,9-10,12-14H2,(H,19,21). The summed E-state index contributed by atoms with van der Waals surface area (Å²) in [5, 5.41) is 2.87. The maximum atomic E-state index is 11.6. The Morgan fingerprint density at radius 3 is 2.64 bits per heavy atom. The van der Waals surface area contributed by atoms with Crippen LogP contribution < -0.4 is 10.8 Å². The molecule has 2 aromatic rings. The van der Waals surface area contributed by atoms with E-state index in [1.165, 1.54) is 0 Å². The lowest BCUT2D eigenvalue weighted by Gasteiger charge is -2.07. The third kappa shape index (κ3) is 6.47. The monoisotopic (exact) mass is 299 g/mol. The Labute approximate surface area is 130 Å². The van der Waals surface area contributed by atoms with Crippen molar-refractivity contribution in [2.24, 2.45) is 0 Å². The number of carbonyl (C=O) groups is 1. The van der Waals surface area contributed by atoms with E-state index in [1.807, 2.05) is 48.5 Å². The van der Waals surface area contributed by atoms with Gasteiger partial charge in [0.25, 0.3) is 0 Å². The first kappa shape index (κ1) is 16.1. The first-order valence-electron chi connectivity index (χ1n) is 7.40. The molecule has 0 saturated carbocycles. The van der Waals surface area contributed by atoms with Gasteiger partial charge in [0.05, 0.1) is 6.61 Å². The quantitative estimate of drug-likeness (QED) is 0.548. The molecule has 1 amide bonds. The molecule has 2 N–H and O–H groups in total. The predicted octanol–water partition coefficient (Wildman–Crippen LogP) is 1.85. The topological polar surface area (TPSA) is 63.2 Å². The Morgan fingerprint density at radius 1 is 1.05 bits per heavy atom. The van der Waals surface area contributed by atoms with Crippen molar-refractivity contribution in [3.63, 3.8) is 0 Å². The number of hydrogen-bond acceptors (Lipinski definition) is 4. The summed E-state index contributed by atoms with van der Waals surface area (Å²) in [6, 6.07) is 15.7. The number of pyridine rings is 1. The molecule has 0 atom stereocenters. The largest absolute Gasteiger partial charge is 0.356 e. The van der Waals surface area contributed by atoms with Gasteiger partial charge in [-0.25, -0.2) is 5.48 Å². The van der Waals surface area contributed by atoms with Crippen LogP contribution in [0.3, 0.4) is 0 Å². The zero-order valence-corrected chi connectivity index (χ0v) is 12.5. The minimum Gasteiger partial charge on any atom is -0.356 e. The fourth-order valence-corrected chi connectivity index (χ4v) is 1.91. The Bertz CT molecular complexity index is 546. The fourth-order valence-electron chi connectivity index (χ4n) is 1.91. The fraction of sp³-hybridized carbons (Fsp3) is 0.294. The minimum atomic E-state index is 0.00624. The molecule has 5 nitrogen and oxygen atoms in total. The van der Waals surface area contributed by atoms with E-state index in [0.717, 1.165) is 17.7 Å². The molecule has 0 fully saturated rings. The van der Waals surface area contributed by atoms with Gasteiger partial charge in [0.1, 0.15) is 0 Å². The van der Waals surface area contributed by atoms with Gasteiger partial charge >= 0.3 is 0 Å². The summed E-state index contributed by atoms with van der Waals surface area (Å²) < 4.78 is 0. The van der Waals surface area contributed by atoms with E-state index in [4.69, 9.17) is 4.84 Å². The van der Waals surface area contributed by atoms with Crippen LogP contribution in [0, 0.1) is 0 Å². The Hall–Kier alpha value is -2.24. The van der Waals surface area contributed by atoms with Crippen LogP contribution in [0.1, 0.15) is 17.7 Å². The lowest BCUT2D eigenvalue weighted by molar-refractivity contribution is -0.121. The zero-order chi connectivity index (χ0) is 15.5. The second kappa shape index (κ2) is 9.65. The van der Waals surface area contributed by atoms with Gasteiger partial charge in [0.15, 0.2) is 0 Å². The van der Waals surface area contributed by atoms with Crippen LogP contribution in [0.2, 0.25) is 0 Å². The zero-order valence-electron chi connectivity index (χ0n) is 12.5. The summed E-state index contributed by atoms with van der Waals surface area (Å²) in [5.74, 6) is 0.00624. The van der Waals surface area contributed by atoms with Gasteiger partial charge in [0, 0.05) is 37.8 Å². The summed E-state index contributed by atoms with van der Waals surface area (Å²) in [4.78, 5) is 21.2. The molecule has 1 aromatic heterocycles. The van der Waals surface area contributed by atoms with Crippen LogP contribution in [0.4, 0.5) is 0 Å². The van der Waals surface area contributed by atoms with E-state index < -0.39 is 0 Å². The third-order valence-electron chi connectivity index (χ3n) is 3.07. The third-order valence-corrected chi connectivity index (χ3v) is 3.07. The molecule has 0 aliphatic carbocycles. The number of benzene rings is 1. The van der Waals surface area contributed by atoms with E-state index in [0.29, 0.717) is 26.1 Å². The average Bonchev–Trinajstić information content (AvgIpc) is 2.56. The Morgan fingerprint density at radius 2 is 1.86 bits per heavy atom. The first-order chi connectivity index (χ1) is 10.8. The van der Waals surface area contributed by atoms with Crippen molar-refractivity contribution in [3.05, 3.63) is 66.0 Å². The number of carbonyl (C=O) groups excluding carboxylic acids is 1. The highest BCUT2D eigenvalue weighted by Gasteiger charge is 2.01. The number of aromatic nitrogens is 1. The maximum absolute atomic E-state index is 11.6. The maximum Gasteiger partial charge on any atom is 0.221 e. The number of nitrogens with one attached hydrogen (secondary N) is 2. The van der Waals surface area contributed by atoms with Gasteiger partial charge in [0.2, 0.25) is 5.91 Å². The Kier molecular flexibility index (Phi) is 7.08. The summed E-state index contributed by atoms with van der Waals surface area (Å²) in [7, 11) is 0. The van der Waals surface area contributed by atoms with E-state index in [-0.39, 0.29) is 5.91 Å². The molecule has 0 radical (unpaired) electrons. The van der Waals surface area contributed by atoms with E-state index in [2.05, 4.69) is 15.8 Å².